The van der Waals surface area contributed by atoms with E-state index in [4.69, 9.17) is 13.9 Å². The van der Waals surface area contributed by atoms with Crippen LogP contribution in [0, 0.1) is 10.1 Å². The Morgan fingerprint density at radius 2 is 2.17 bits per heavy atom. The van der Waals surface area contributed by atoms with Gasteiger partial charge in [0.25, 0.3) is 11.6 Å². The van der Waals surface area contributed by atoms with Crippen molar-refractivity contribution in [1.82, 2.24) is 5.32 Å². The molecule has 0 saturated heterocycles. The third kappa shape index (κ3) is 3.79. The van der Waals surface area contributed by atoms with Crippen LogP contribution in [-0.4, -0.2) is 24.5 Å². The third-order valence-corrected chi connectivity index (χ3v) is 3.03. The minimum Gasteiger partial charge on any atom is -0.493 e. The fraction of sp³-hybridized carbons (Fsp3) is 0.267. The SMILES string of the molecule is CCOc1cc(C(=O)NCc2ccco2)c([N+](=O)[O-])cc1OC. The summed E-state index contributed by atoms with van der Waals surface area (Å²) in [5.74, 6) is 0.404. The number of carbonyl (C=O) groups is 1. The lowest BCUT2D eigenvalue weighted by Gasteiger charge is -2.11. The van der Waals surface area contributed by atoms with Crippen molar-refractivity contribution < 1.29 is 23.6 Å². The quantitative estimate of drug-likeness (QED) is 0.621. The fourth-order valence-corrected chi connectivity index (χ4v) is 1.99. The molecule has 1 aromatic carbocycles. The summed E-state index contributed by atoms with van der Waals surface area (Å²) in [6, 6.07) is 5.85. The number of ether oxygens (including phenoxy) is 2. The maximum atomic E-state index is 12.3. The molecule has 2 aromatic rings. The molecular weight excluding hydrogens is 304 g/mol. The number of benzene rings is 1. The van der Waals surface area contributed by atoms with Crippen molar-refractivity contribution in [3.05, 3.63) is 52.0 Å². The van der Waals surface area contributed by atoms with Crippen LogP contribution < -0.4 is 14.8 Å². The molecule has 0 spiro atoms. The van der Waals surface area contributed by atoms with Crippen LogP contribution in [0.2, 0.25) is 0 Å². The molecule has 0 unspecified atom stereocenters. The van der Waals surface area contributed by atoms with Crippen molar-refractivity contribution in [1.29, 1.82) is 0 Å². The van der Waals surface area contributed by atoms with Crippen LogP contribution in [0.25, 0.3) is 0 Å². The van der Waals surface area contributed by atoms with Crippen LogP contribution in [0.5, 0.6) is 11.5 Å². The molecule has 0 aliphatic carbocycles. The molecule has 2 rings (SSSR count). The smallest absolute Gasteiger partial charge is 0.286 e. The number of carbonyl (C=O) groups excluding carboxylic acids is 1. The van der Waals surface area contributed by atoms with Crippen molar-refractivity contribution in [2.75, 3.05) is 13.7 Å². The number of hydrogen-bond donors (Lipinski definition) is 1. The molecule has 122 valence electrons. The van der Waals surface area contributed by atoms with Gasteiger partial charge in [0, 0.05) is 6.07 Å². The van der Waals surface area contributed by atoms with E-state index in [1.54, 1.807) is 19.1 Å². The number of nitrogens with one attached hydrogen (secondary N) is 1. The number of furan rings is 1. The van der Waals surface area contributed by atoms with E-state index < -0.39 is 10.8 Å². The van der Waals surface area contributed by atoms with E-state index in [-0.39, 0.29) is 29.3 Å². The molecule has 1 amide bonds. The average molecular weight is 320 g/mol. The van der Waals surface area contributed by atoms with Crippen LogP contribution in [0.4, 0.5) is 5.69 Å². The number of rotatable bonds is 7. The summed E-state index contributed by atoms with van der Waals surface area (Å²) in [6.45, 7) is 2.22. The maximum absolute atomic E-state index is 12.3. The standard InChI is InChI=1S/C15H16N2O6/c1-3-22-14-7-11(12(17(19)20)8-13(14)21-2)15(18)16-9-10-5-4-6-23-10/h4-8H,3,9H2,1-2H3,(H,16,18). The van der Waals surface area contributed by atoms with Crippen molar-refractivity contribution in [2.24, 2.45) is 0 Å². The third-order valence-electron chi connectivity index (χ3n) is 3.03. The lowest BCUT2D eigenvalue weighted by molar-refractivity contribution is -0.385. The number of methoxy groups -OCH3 is 1. The van der Waals surface area contributed by atoms with Gasteiger partial charge in [-0.05, 0) is 19.1 Å². The second-order valence-electron chi connectivity index (χ2n) is 4.47. The van der Waals surface area contributed by atoms with Crippen LogP contribution in [0.3, 0.4) is 0 Å². The molecule has 0 bridgehead atoms. The number of nitro groups is 1. The van der Waals surface area contributed by atoms with Crippen molar-refractivity contribution in [3.63, 3.8) is 0 Å². The molecule has 0 saturated carbocycles. The molecule has 1 N–H and O–H groups in total. The Hall–Kier alpha value is -3.03. The summed E-state index contributed by atoms with van der Waals surface area (Å²) in [4.78, 5) is 22.8. The molecule has 0 aliphatic rings. The molecular formula is C15H16N2O6. The van der Waals surface area contributed by atoms with Gasteiger partial charge in [0.2, 0.25) is 0 Å². The second-order valence-corrected chi connectivity index (χ2v) is 4.47. The highest BCUT2D eigenvalue weighted by Crippen LogP contribution is 2.34. The van der Waals surface area contributed by atoms with Gasteiger partial charge in [-0.15, -0.1) is 0 Å². The second kappa shape index (κ2) is 7.30. The van der Waals surface area contributed by atoms with Gasteiger partial charge in [-0.2, -0.15) is 0 Å². The zero-order valence-electron chi connectivity index (χ0n) is 12.7. The minimum absolute atomic E-state index is 0.106. The number of nitrogens with zero attached hydrogens (tertiary/aromatic N) is 1. The van der Waals surface area contributed by atoms with Crippen molar-refractivity contribution in [3.8, 4) is 11.5 Å². The van der Waals surface area contributed by atoms with E-state index in [9.17, 15) is 14.9 Å². The Bertz CT molecular complexity index is 696. The van der Waals surface area contributed by atoms with Gasteiger partial charge in [-0.25, -0.2) is 0 Å². The Morgan fingerprint density at radius 1 is 1.39 bits per heavy atom. The fourth-order valence-electron chi connectivity index (χ4n) is 1.99. The predicted molar refractivity (Wildman–Crippen MR) is 80.7 cm³/mol. The van der Waals surface area contributed by atoms with Crippen LogP contribution in [-0.2, 0) is 6.54 Å². The first kappa shape index (κ1) is 16.3. The van der Waals surface area contributed by atoms with E-state index in [1.807, 2.05) is 0 Å². The predicted octanol–water partition coefficient (Wildman–Crippen LogP) is 2.53. The minimum atomic E-state index is -0.639. The number of amides is 1. The lowest BCUT2D eigenvalue weighted by atomic mass is 10.1. The normalized spacial score (nSPS) is 10.2. The largest absolute Gasteiger partial charge is 0.493 e. The van der Waals surface area contributed by atoms with Crippen molar-refractivity contribution >= 4 is 11.6 Å². The van der Waals surface area contributed by atoms with E-state index >= 15 is 0 Å². The Kier molecular flexibility index (Phi) is 5.19. The summed E-state index contributed by atoms with van der Waals surface area (Å²) in [6.07, 6.45) is 1.48. The highest BCUT2D eigenvalue weighted by atomic mass is 16.6. The van der Waals surface area contributed by atoms with E-state index in [2.05, 4.69) is 5.32 Å². The van der Waals surface area contributed by atoms with E-state index in [0.717, 1.165) is 0 Å². The average Bonchev–Trinajstić information content (AvgIpc) is 3.05. The molecule has 8 nitrogen and oxygen atoms in total. The topological polar surface area (TPSA) is 104 Å². The Labute approximate surface area is 132 Å². The van der Waals surface area contributed by atoms with Crippen LogP contribution >= 0.6 is 0 Å². The van der Waals surface area contributed by atoms with E-state index in [1.165, 1.54) is 25.5 Å². The molecule has 8 heteroatoms. The van der Waals surface area contributed by atoms with E-state index in [0.29, 0.717) is 12.4 Å². The zero-order valence-corrected chi connectivity index (χ0v) is 12.7. The molecule has 0 atom stereocenters. The first-order valence-corrected chi connectivity index (χ1v) is 6.86. The first-order valence-electron chi connectivity index (χ1n) is 6.86. The van der Waals surface area contributed by atoms with Gasteiger partial charge in [0.1, 0.15) is 11.3 Å². The van der Waals surface area contributed by atoms with Gasteiger partial charge in [0.15, 0.2) is 11.5 Å². The molecule has 1 heterocycles. The molecule has 0 fully saturated rings. The van der Waals surface area contributed by atoms with Crippen LogP contribution in [0.15, 0.2) is 34.9 Å². The molecule has 0 aliphatic heterocycles. The van der Waals surface area contributed by atoms with Gasteiger partial charge in [-0.1, -0.05) is 0 Å². The summed E-state index contributed by atoms with van der Waals surface area (Å²) in [5, 5.41) is 13.8. The van der Waals surface area contributed by atoms with Gasteiger partial charge in [0.05, 0.1) is 37.5 Å². The zero-order chi connectivity index (χ0) is 16.8. The Balaban J connectivity index is 2.31. The molecule has 1 aromatic heterocycles. The monoisotopic (exact) mass is 320 g/mol. The summed E-state index contributed by atoms with van der Waals surface area (Å²) < 4.78 is 15.5. The highest BCUT2D eigenvalue weighted by Gasteiger charge is 2.24. The first-order chi connectivity index (χ1) is 11.1. The van der Waals surface area contributed by atoms with Crippen LogP contribution in [0.1, 0.15) is 23.0 Å². The number of hydrogen-bond acceptors (Lipinski definition) is 6. The summed E-state index contributed by atoms with van der Waals surface area (Å²) >= 11 is 0. The van der Waals surface area contributed by atoms with Gasteiger partial charge in [-0.3, -0.25) is 14.9 Å². The summed E-state index contributed by atoms with van der Waals surface area (Å²) in [7, 11) is 1.37. The molecule has 23 heavy (non-hydrogen) atoms. The maximum Gasteiger partial charge on any atom is 0.286 e. The van der Waals surface area contributed by atoms with Gasteiger partial charge < -0.3 is 19.2 Å². The van der Waals surface area contributed by atoms with Gasteiger partial charge >= 0.3 is 0 Å². The summed E-state index contributed by atoms with van der Waals surface area (Å²) in [5.41, 5.74) is -0.465. The van der Waals surface area contributed by atoms with Crippen molar-refractivity contribution in [2.45, 2.75) is 13.5 Å². The molecule has 0 radical (unpaired) electrons. The Morgan fingerprint density at radius 3 is 2.74 bits per heavy atom. The number of nitro benzene ring substituents is 1. The lowest BCUT2D eigenvalue weighted by Crippen LogP contribution is -2.23. The highest BCUT2D eigenvalue weighted by molar-refractivity contribution is 5.99.